The first-order chi connectivity index (χ1) is 8.20. The third kappa shape index (κ3) is 11.7. The normalized spacial score (nSPS) is 15.8. The van der Waals surface area contributed by atoms with Gasteiger partial charge >= 0.3 is 0 Å². The van der Waals surface area contributed by atoms with Crippen LogP contribution in [0.25, 0.3) is 0 Å². The molecule has 0 nitrogen and oxygen atoms in total. The molecule has 0 aliphatic carbocycles. The lowest BCUT2D eigenvalue weighted by Crippen LogP contribution is -1.92. The average molecular weight is 236 g/mol. The number of hydrogen-bond donors (Lipinski definition) is 0. The van der Waals surface area contributed by atoms with Crippen molar-refractivity contribution in [2.24, 2.45) is 11.8 Å². The van der Waals surface area contributed by atoms with Crippen LogP contribution in [0.2, 0.25) is 0 Å². The first-order valence-corrected chi connectivity index (χ1v) is 7.52. The fourth-order valence-corrected chi connectivity index (χ4v) is 1.95. The first-order valence-electron chi connectivity index (χ1n) is 7.52. The molecule has 0 saturated carbocycles. The Morgan fingerprint density at radius 3 is 2.24 bits per heavy atom. The fraction of sp³-hybridized carbons (Fsp3) is 0.765. The van der Waals surface area contributed by atoms with Crippen molar-refractivity contribution in [1.29, 1.82) is 0 Å². The van der Waals surface area contributed by atoms with E-state index in [2.05, 4.69) is 52.0 Å². The van der Waals surface area contributed by atoms with E-state index in [1.165, 1.54) is 38.5 Å². The van der Waals surface area contributed by atoms with Gasteiger partial charge in [-0.05, 0) is 31.1 Å². The molecule has 0 aromatic carbocycles. The highest BCUT2D eigenvalue weighted by Gasteiger charge is 1.99. The van der Waals surface area contributed by atoms with Gasteiger partial charge in [0.05, 0.1) is 0 Å². The van der Waals surface area contributed by atoms with Gasteiger partial charge in [0.25, 0.3) is 0 Å². The van der Waals surface area contributed by atoms with Gasteiger partial charge in [0.1, 0.15) is 0 Å². The van der Waals surface area contributed by atoms with Gasteiger partial charge in [-0.25, -0.2) is 0 Å². The predicted molar refractivity (Wildman–Crippen MR) is 80.3 cm³/mol. The Kier molecular flexibility index (Phi) is 11.6. The smallest absolute Gasteiger partial charge is 0.0227 e. The topological polar surface area (TPSA) is 0 Å². The Hall–Kier alpha value is -0.520. The Balaban J connectivity index is 3.54. The zero-order valence-electron chi connectivity index (χ0n) is 12.4. The molecule has 0 aromatic heterocycles. The van der Waals surface area contributed by atoms with Crippen molar-refractivity contribution < 1.29 is 0 Å². The molecular weight excluding hydrogens is 204 g/mol. The van der Waals surface area contributed by atoms with Crippen LogP contribution in [0.4, 0.5) is 0 Å². The number of unbranched alkanes of at least 4 members (excludes halogenated alkanes) is 2. The van der Waals surface area contributed by atoms with Crippen molar-refractivity contribution in [3.63, 3.8) is 0 Å². The number of rotatable bonds is 10. The van der Waals surface area contributed by atoms with E-state index < -0.39 is 0 Å². The monoisotopic (exact) mass is 236 g/mol. The van der Waals surface area contributed by atoms with Crippen LogP contribution >= 0.6 is 0 Å². The molecule has 100 valence electrons. The van der Waals surface area contributed by atoms with Gasteiger partial charge in [-0.1, -0.05) is 77.7 Å². The summed E-state index contributed by atoms with van der Waals surface area (Å²) in [6.45, 7) is 9.13. The summed E-state index contributed by atoms with van der Waals surface area (Å²) in [7, 11) is 0. The van der Waals surface area contributed by atoms with E-state index in [1.807, 2.05) is 0 Å². The van der Waals surface area contributed by atoms with Gasteiger partial charge in [0.2, 0.25) is 0 Å². The third-order valence-corrected chi connectivity index (χ3v) is 3.21. The van der Waals surface area contributed by atoms with Gasteiger partial charge in [-0.15, -0.1) is 0 Å². The van der Waals surface area contributed by atoms with E-state index in [1.54, 1.807) is 0 Å². The standard InChI is InChI=1S/C17H32/c1-5-7-9-13-17(4)15-11-10-14-16(3)12-8-6-2/h8,10-12,16-17H,5-7,9,13-15H2,1-4H3/b11-10-,12-8-. The van der Waals surface area contributed by atoms with Crippen molar-refractivity contribution in [2.75, 3.05) is 0 Å². The van der Waals surface area contributed by atoms with Crippen LogP contribution in [0, 0.1) is 11.8 Å². The van der Waals surface area contributed by atoms with Gasteiger partial charge < -0.3 is 0 Å². The minimum atomic E-state index is 0.696. The molecule has 0 amide bonds. The minimum absolute atomic E-state index is 0.696. The Morgan fingerprint density at radius 1 is 0.882 bits per heavy atom. The van der Waals surface area contributed by atoms with E-state index in [-0.39, 0.29) is 0 Å². The maximum absolute atomic E-state index is 2.38. The third-order valence-electron chi connectivity index (χ3n) is 3.21. The van der Waals surface area contributed by atoms with E-state index in [4.69, 9.17) is 0 Å². The zero-order valence-corrected chi connectivity index (χ0v) is 12.4. The summed E-state index contributed by atoms with van der Waals surface area (Å²) in [5, 5.41) is 0. The fourth-order valence-electron chi connectivity index (χ4n) is 1.95. The van der Waals surface area contributed by atoms with Crippen LogP contribution in [0.5, 0.6) is 0 Å². The summed E-state index contributed by atoms with van der Waals surface area (Å²) in [4.78, 5) is 0. The minimum Gasteiger partial charge on any atom is -0.0885 e. The average Bonchev–Trinajstić information content (AvgIpc) is 2.32. The van der Waals surface area contributed by atoms with Crippen molar-refractivity contribution in [3.05, 3.63) is 24.3 Å². The molecule has 0 saturated heterocycles. The lowest BCUT2D eigenvalue weighted by atomic mass is 9.99. The van der Waals surface area contributed by atoms with Crippen LogP contribution in [0.15, 0.2) is 24.3 Å². The van der Waals surface area contributed by atoms with Crippen molar-refractivity contribution >= 4 is 0 Å². The molecule has 0 radical (unpaired) electrons. The van der Waals surface area contributed by atoms with Gasteiger partial charge in [-0.3, -0.25) is 0 Å². The maximum atomic E-state index is 2.38. The maximum Gasteiger partial charge on any atom is -0.0227 e. The summed E-state index contributed by atoms with van der Waals surface area (Å²) in [5.41, 5.74) is 0. The van der Waals surface area contributed by atoms with Crippen molar-refractivity contribution in [3.8, 4) is 0 Å². The lowest BCUT2D eigenvalue weighted by Gasteiger charge is -2.07. The molecule has 0 heteroatoms. The van der Waals surface area contributed by atoms with Gasteiger partial charge in [0.15, 0.2) is 0 Å². The molecule has 2 unspecified atom stereocenters. The second-order valence-electron chi connectivity index (χ2n) is 5.36. The van der Waals surface area contributed by atoms with Crippen LogP contribution < -0.4 is 0 Å². The van der Waals surface area contributed by atoms with Crippen LogP contribution in [0.3, 0.4) is 0 Å². The quantitative estimate of drug-likeness (QED) is 0.315. The molecule has 0 rings (SSSR count). The van der Waals surface area contributed by atoms with Crippen LogP contribution in [-0.4, -0.2) is 0 Å². The second-order valence-corrected chi connectivity index (χ2v) is 5.36. The largest absolute Gasteiger partial charge is 0.0885 e. The molecular formula is C17H32. The zero-order chi connectivity index (χ0) is 12.9. The molecule has 0 fully saturated rings. The summed E-state index contributed by atoms with van der Waals surface area (Å²) >= 11 is 0. The van der Waals surface area contributed by atoms with Crippen molar-refractivity contribution in [2.45, 2.75) is 72.6 Å². The SMILES string of the molecule is CC/C=C\C(C)C/C=C\CC(C)CCCCC. The first kappa shape index (κ1) is 16.5. The Bertz CT molecular complexity index is 200. The summed E-state index contributed by atoms with van der Waals surface area (Å²) in [5.74, 6) is 1.56. The van der Waals surface area contributed by atoms with E-state index >= 15 is 0 Å². The molecule has 17 heavy (non-hydrogen) atoms. The molecule has 0 bridgehead atoms. The Labute approximate surface area is 109 Å². The predicted octanol–water partition coefficient (Wildman–Crippen LogP) is 6.14. The number of hydrogen-bond acceptors (Lipinski definition) is 0. The number of allylic oxidation sites excluding steroid dienone is 4. The summed E-state index contributed by atoms with van der Waals surface area (Å²) in [6, 6.07) is 0. The molecule has 0 spiro atoms. The second kappa shape index (κ2) is 12.0. The molecule has 0 aliphatic heterocycles. The lowest BCUT2D eigenvalue weighted by molar-refractivity contribution is 0.500. The van der Waals surface area contributed by atoms with E-state index in [0.29, 0.717) is 5.92 Å². The highest BCUT2D eigenvalue weighted by molar-refractivity contribution is 4.92. The van der Waals surface area contributed by atoms with Gasteiger partial charge in [-0.2, -0.15) is 0 Å². The molecule has 2 atom stereocenters. The van der Waals surface area contributed by atoms with E-state index in [9.17, 15) is 0 Å². The van der Waals surface area contributed by atoms with Crippen molar-refractivity contribution in [1.82, 2.24) is 0 Å². The molecule has 0 heterocycles. The molecule has 0 aromatic rings. The van der Waals surface area contributed by atoms with Crippen LogP contribution in [0.1, 0.15) is 72.6 Å². The Morgan fingerprint density at radius 2 is 1.59 bits per heavy atom. The summed E-state index contributed by atoms with van der Waals surface area (Å²) in [6.07, 6.45) is 18.5. The molecule has 0 N–H and O–H groups in total. The van der Waals surface area contributed by atoms with E-state index in [0.717, 1.165) is 12.3 Å². The molecule has 0 aliphatic rings. The van der Waals surface area contributed by atoms with Gasteiger partial charge in [0, 0.05) is 0 Å². The van der Waals surface area contributed by atoms with Crippen LogP contribution in [-0.2, 0) is 0 Å². The highest BCUT2D eigenvalue weighted by Crippen LogP contribution is 2.14. The summed E-state index contributed by atoms with van der Waals surface area (Å²) < 4.78 is 0. The highest BCUT2D eigenvalue weighted by atomic mass is 14.0.